The molecule has 1 aromatic heterocycles. The summed E-state index contributed by atoms with van der Waals surface area (Å²) in [5.74, 6) is 0.332. The Labute approximate surface area is 117 Å². The number of hydrogen-bond acceptors (Lipinski definition) is 3. The molecule has 0 N–H and O–H groups in total. The predicted molar refractivity (Wildman–Crippen MR) is 75.9 cm³/mol. The smallest absolute Gasteiger partial charge is 0.337 e. The van der Waals surface area contributed by atoms with Crippen LogP contribution in [0.4, 0.5) is 0 Å². The number of benzene rings is 1. The van der Waals surface area contributed by atoms with Crippen LogP contribution in [0.5, 0.6) is 0 Å². The molecule has 4 nitrogen and oxygen atoms in total. The van der Waals surface area contributed by atoms with E-state index in [1.807, 2.05) is 23.7 Å². The predicted octanol–water partition coefficient (Wildman–Crippen LogP) is 2.80. The van der Waals surface area contributed by atoms with Gasteiger partial charge in [-0.1, -0.05) is 6.07 Å². The van der Waals surface area contributed by atoms with Gasteiger partial charge in [0.15, 0.2) is 0 Å². The third kappa shape index (κ3) is 2.01. The molecule has 1 unspecified atom stereocenters. The average molecular weight is 271 g/mol. The topological polar surface area (TPSA) is 48.3 Å². The number of aromatic nitrogens is 1. The minimum Gasteiger partial charge on any atom is -0.465 e. The molecule has 0 spiro atoms. The van der Waals surface area contributed by atoms with E-state index in [1.165, 1.54) is 12.7 Å². The van der Waals surface area contributed by atoms with E-state index in [0.717, 1.165) is 17.3 Å². The number of ether oxygens (including phenoxy) is 1. The molecule has 0 saturated heterocycles. The van der Waals surface area contributed by atoms with Crippen molar-refractivity contribution in [3.63, 3.8) is 0 Å². The van der Waals surface area contributed by atoms with Gasteiger partial charge in [0.1, 0.15) is 5.78 Å². The summed E-state index contributed by atoms with van der Waals surface area (Å²) < 4.78 is 6.77. The zero-order chi connectivity index (χ0) is 14.3. The quantitative estimate of drug-likeness (QED) is 0.789. The highest BCUT2D eigenvalue weighted by Crippen LogP contribution is 2.37. The van der Waals surface area contributed by atoms with Crippen LogP contribution in [0, 0.1) is 0 Å². The lowest BCUT2D eigenvalue weighted by Crippen LogP contribution is -2.01. The number of ketones is 1. The van der Waals surface area contributed by atoms with Gasteiger partial charge in [0.05, 0.1) is 12.7 Å². The van der Waals surface area contributed by atoms with Crippen LogP contribution in [-0.2, 0) is 16.6 Å². The fraction of sp³-hybridized carbons (Fsp3) is 0.375. The molecule has 1 fully saturated rings. The molecule has 1 heterocycles. The lowest BCUT2D eigenvalue weighted by molar-refractivity contribution is -0.117. The molecule has 1 aliphatic rings. The van der Waals surface area contributed by atoms with Crippen LogP contribution in [0.3, 0.4) is 0 Å². The molecule has 0 amide bonds. The number of carbonyl (C=O) groups is 2. The molecule has 1 aromatic carbocycles. The van der Waals surface area contributed by atoms with Gasteiger partial charge in [-0.15, -0.1) is 0 Å². The Morgan fingerprint density at radius 1 is 1.40 bits per heavy atom. The number of nitrogens with zero attached hydrogens (tertiary/aromatic N) is 1. The van der Waals surface area contributed by atoms with Gasteiger partial charge in [-0.05, 0) is 30.0 Å². The molecule has 1 atom stereocenters. The highest BCUT2D eigenvalue weighted by Gasteiger charge is 2.26. The van der Waals surface area contributed by atoms with Gasteiger partial charge in [-0.2, -0.15) is 0 Å². The Kier molecular flexibility index (Phi) is 3.08. The second-order valence-electron chi connectivity index (χ2n) is 5.40. The SMILES string of the molecule is COC(=O)c1ccc2c(C3CCC(=O)C3)cn(C)c2c1. The summed E-state index contributed by atoms with van der Waals surface area (Å²) in [7, 11) is 3.34. The molecule has 0 radical (unpaired) electrons. The molecule has 0 aliphatic heterocycles. The molecule has 2 aromatic rings. The highest BCUT2D eigenvalue weighted by atomic mass is 16.5. The summed E-state index contributed by atoms with van der Waals surface area (Å²) in [6, 6.07) is 5.59. The molecule has 1 aliphatic carbocycles. The normalized spacial score (nSPS) is 18.7. The number of hydrogen-bond donors (Lipinski definition) is 0. The van der Waals surface area contributed by atoms with Crippen LogP contribution in [0.1, 0.15) is 41.1 Å². The van der Waals surface area contributed by atoms with Crippen molar-refractivity contribution in [2.45, 2.75) is 25.2 Å². The van der Waals surface area contributed by atoms with E-state index < -0.39 is 0 Å². The number of esters is 1. The lowest BCUT2D eigenvalue weighted by atomic mass is 9.97. The fourth-order valence-electron chi connectivity index (χ4n) is 3.07. The van der Waals surface area contributed by atoms with Crippen molar-refractivity contribution < 1.29 is 14.3 Å². The first kappa shape index (κ1) is 12.9. The van der Waals surface area contributed by atoms with E-state index in [1.54, 1.807) is 6.07 Å². The van der Waals surface area contributed by atoms with Gasteiger partial charge in [-0.25, -0.2) is 4.79 Å². The van der Waals surface area contributed by atoms with Crippen molar-refractivity contribution in [1.29, 1.82) is 0 Å². The number of carbonyl (C=O) groups excluding carboxylic acids is 2. The van der Waals surface area contributed by atoms with Crippen molar-refractivity contribution in [2.24, 2.45) is 7.05 Å². The Hall–Kier alpha value is -2.10. The second-order valence-corrected chi connectivity index (χ2v) is 5.40. The first-order chi connectivity index (χ1) is 9.60. The molecule has 1 saturated carbocycles. The summed E-state index contributed by atoms with van der Waals surface area (Å²) in [5.41, 5.74) is 2.77. The van der Waals surface area contributed by atoms with E-state index >= 15 is 0 Å². The first-order valence-corrected chi connectivity index (χ1v) is 6.79. The van der Waals surface area contributed by atoms with Crippen molar-refractivity contribution in [2.75, 3.05) is 7.11 Å². The maximum Gasteiger partial charge on any atom is 0.337 e. The number of Topliss-reactive ketones (excluding diaryl/α,β-unsaturated/α-hetero) is 1. The molecule has 0 bridgehead atoms. The van der Waals surface area contributed by atoms with Crippen LogP contribution in [0.15, 0.2) is 24.4 Å². The summed E-state index contributed by atoms with van der Waals surface area (Å²) >= 11 is 0. The minimum absolute atomic E-state index is 0.315. The van der Waals surface area contributed by atoms with Crippen LogP contribution in [-0.4, -0.2) is 23.4 Å². The standard InChI is InChI=1S/C16H17NO3/c1-17-9-14(10-3-5-12(18)7-10)13-6-4-11(8-15(13)17)16(19)20-2/h4,6,8-10H,3,5,7H2,1-2H3. The van der Waals surface area contributed by atoms with E-state index in [4.69, 9.17) is 4.74 Å². The zero-order valence-electron chi connectivity index (χ0n) is 11.7. The van der Waals surface area contributed by atoms with Gasteiger partial charge in [-0.3, -0.25) is 4.79 Å². The number of methoxy groups -OCH3 is 1. The first-order valence-electron chi connectivity index (χ1n) is 6.79. The van der Waals surface area contributed by atoms with Gasteiger partial charge in [0.2, 0.25) is 0 Å². The Morgan fingerprint density at radius 2 is 2.20 bits per heavy atom. The van der Waals surface area contributed by atoms with Gasteiger partial charge < -0.3 is 9.30 Å². The molecule has 4 heteroatoms. The summed E-state index contributed by atoms with van der Waals surface area (Å²) in [5, 5.41) is 1.12. The van der Waals surface area contributed by atoms with E-state index in [2.05, 4.69) is 6.20 Å². The second kappa shape index (κ2) is 4.78. The molecular weight excluding hydrogens is 254 g/mol. The van der Waals surface area contributed by atoms with Crippen molar-refractivity contribution >= 4 is 22.7 Å². The molecule has 20 heavy (non-hydrogen) atoms. The van der Waals surface area contributed by atoms with Crippen LogP contribution in [0.25, 0.3) is 10.9 Å². The Morgan fingerprint density at radius 3 is 2.85 bits per heavy atom. The van der Waals surface area contributed by atoms with Crippen LogP contribution in [0.2, 0.25) is 0 Å². The van der Waals surface area contributed by atoms with E-state index in [9.17, 15) is 9.59 Å². The van der Waals surface area contributed by atoms with Gasteiger partial charge in [0.25, 0.3) is 0 Å². The van der Waals surface area contributed by atoms with Crippen molar-refractivity contribution in [3.8, 4) is 0 Å². The van der Waals surface area contributed by atoms with Crippen molar-refractivity contribution in [3.05, 3.63) is 35.5 Å². The summed E-state index contributed by atoms with van der Waals surface area (Å²) in [4.78, 5) is 23.1. The van der Waals surface area contributed by atoms with Crippen LogP contribution >= 0.6 is 0 Å². The highest BCUT2D eigenvalue weighted by molar-refractivity contribution is 5.96. The fourth-order valence-corrected chi connectivity index (χ4v) is 3.07. The molecule has 3 rings (SSSR count). The number of rotatable bonds is 2. The Bertz CT molecular complexity index is 699. The van der Waals surface area contributed by atoms with Gasteiger partial charge >= 0.3 is 5.97 Å². The third-order valence-electron chi connectivity index (χ3n) is 4.13. The van der Waals surface area contributed by atoms with Gasteiger partial charge in [0, 0.05) is 37.0 Å². The average Bonchev–Trinajstić information content (AvgIpc) is 3.02. The maximum absolute atomic E-state index is 11.6. The third-order valence-corrected chi connectivity index (χ3v) is 4.13. The summed E-state index contributed by atoms with van der Waals surface area (Å²) in [6.45, 7) is 0. The lowest BCUT2D eigenvalue weighted by Gasteiger charge is -2.06. The van der Waals surface area contributed by atoms with E-state index in [0.29, 0.717) is 30.1 Å². The monoisotopic (exact) mass is 271 g/mol. The molecular formula is C16H17NO3. The summed E-state index contributed by atoms with van der Waals surface area (Å²) in [6.07, 6.45) is 4.32. The van der Waals surface area contributed by atoms with Crippen molar-refractivity contribution in [1.82, 2.24) is 4.57 Å². The van der Waals surface area contributed by atoms with Crippen LogP contribution < -0.4 is 0 Å². The molecule has 104 valence electrons. The zero-order valence-corrected chi connectivity index (χ0v) is 11.7. The largest absolute Gasteiger partial charge is 0.465 e. The van der Waals surface area contributed by atoms with E-state index in [-0.39, 0.29) is 5.97 Å². The maximum atomic E-state index is 11.6. The number of fused-ring (bicyclic) bond motifs is 1. The number of aryl methyl sites for hydroxylation is 1. The Balaban J connectivity index is 2.08. The minimum atomic E-state index is -0.328.